The molecule has 4 rings (SSSR count). The largest absolute Gasteiger partial charge is 0.391 e. The van der Waals surface area contributed by atoms with Crippen molar-refractivity contribution in [3.05, 3.63) is 53.4 Å². The van der Waals surface area contributed by atoms with Crippen LogP contribution >= 0.6 is 0 Å². The first kappa shape index (κ1) is 20.1. The lowest BCUT2D eigenvalue weighted by Crippen LogP contribution is -2.42. The van der Waals surface area contributed by atoms with Crippen molar-refractivity contribution in [1.29, 1.82) is 0 Å². The van der Waals surface area contributed by atoms with E-state index < -0.39 is 6.10 Å². The summed E-state index contributed by atoms with van der Waals surface area (Å²) in [6.07, 6.45) is 5.56. The average Bonchev–Trinajstić information content (AvgIpc) is 3.25. The highest BCUT2D eigenvalue weighted by atomic mass is 16.5. The maximum atomic E-state index is 12.6. The molecular weight excluding hydrogens is 366 g/mol. The van der Waals surface area contributed by atoms with E-state index in [1.54, 1.807) is 4.90 Å². The van der Waals surface area contributed by atoms with Gasteiger partial charge in [0.25, 0.3) is 5.91 Å². The van der Waals surface area contributed by atoms with Gasteiger partial charge in [-0.1, -0.05) is 35.5 Å². The summed E-state index contributed by atoms with van der Waals surface area (Å²) in [6.45, 7) is 4.31. The van der Waals surface area contributed by atoms with Gasteiger partial charge in [0, 0.05) is 25.1 Å². The fraction of sp³-hybridized carbons (Fsp3) is 0.565. The molecule has 1 N–H and O–H groups in total. The number of aliphatic hydroxyl groups is 1. The Morgan fingerprint density at radius 2 is 1.93 bits per heavy atom. The Hall–Kier alpha value is -2.18. The predicted octanol–water partition coefficient (Wildman–Crippen LogP) is 3.08. The number of aromatic nitrogens is 1. The molecule has 2 aliphatic heterocycles. The summed E-state index contributed by atoms with van der Waals surface area (Å²) >= 11 is 0. The molecule has 1 aromatic heterocycles. The van der Waals surface area contributed by atoms with E-state index in [9.17, 15) is 9.90 Å². The van der Waals surface area contributed by atoms with E-state index in [1.165, 1.54) is 12.0 Å². The Morgan fingerprint density at radius 3 is 2.69 bits per heavy atom. The summed E-state index contributed by atoms with van der Waals surface area (Å²) < 4.78 is 5.37. The molecule has 1 atom stereocenters. The van der Waals surface area contributed by atoms with Crippen LogP contribution in [0.25, 0.3) is 0 Å². The summed E-state index contributed by atoms with van der Waals surface area (Å²) in [5.41, 5.74) is 2.30. The number of hydrogen-bond acceptors (Lipinski definition) is 5. The lowest BCUT2D eigenvalue weighted by atomic mass is 9.93. The van der Waals surface area contributed by atoms with Crippen LogP contribution in [0, 0.1) is 0 Å². The van der Waals surface area contributed by atoms with E-state index >= 15 is 0 Å². The smallest absolute Gasteiger partial charge is 0.292 e. The molecule has 0 aliphatic carbocycles. The number of β-amino-alcohol motifs (C(OH)–C–C–N with tert-alkyl or cyclic N) is 1. The molecule has 6 nitrogen and oxygen atoms in total. The number of nitrogens with zero attached hydrogens (tertiary/aromatic N) is 3. The molecule has 156 valence electrons. The minimum atomic E-state index is -0.429. The fourth-order valence-corrected chi connectivity index (χ4v) is 4.48. The molecule has 0 spiro atoms. The van der Waals surface area contributed by atoms with E-state index in [1.807, 2.05) is 6.07 Å². The highest BCUT2D eigenvalue weighted by Crippen LogP contribution is 2.28. The first-order valence-electron chi connectivity index (χ1n) is 10.9. The first-order chi connectivity index (χ1) is 14.2. The van der Waals surface area contributed by atoms with Gasteiger partial charge in [0.2, 0.25) is 5.76 Å². The van der Waals surface area contributed by atoms with E-state index in [4.69, 9.17) is 4.52 Å². The second kappa shape index (κ2) is 9.55. The molecule has 29 heavy (non-hydrogen) atoms. The highest BCUT2D eigenvalue weighted by Gasteiger charge is 2.28. The molecule has 0 saturated carbocycles. The van der Waals surface area contributed by atoms with Gasteiger partial charge in [-0.15, -0.1) is 0 Å². The molecule has 0 bridgehead atoms. The van der Waals surface area contributed by atoms with Crippen molar-refractivity contribution in [2.75, 3.05) is 32.7 Å². The zero-order chi connectivity index (χ0) is 20.1. The molecule has 6 heteroatoms. The van der Waals surface area contributed by atoms with Gasteiger partial charge in [-0.3, -0.25) is 4.79 Å². The lowest BCUT2D eigenvalue weighted by molar-refractivity contribution is 0.0441. The summed E-state index contributed by atoms with van der Waals surface area (Å²) in [7, 11) is 0. The van der Waals surface area contributed by atoms with E-state index in [-0.39, 0.29) is 5.91 Å². The summed E-state index contributed by atoms with van der Waals surface area (Å²) in [6, 6.07) is 12.5. The van der Waals surface area contributed by atoms with Crippen molar-refractivity contribution in [3.63, 3.8) is 0 Å². The molecule has 2 fully saturated rings. The van der Waals surface area contributed by atoms with Crippen LogP contribution in [0.3, 0.4) is 0 Å². The van der Waals surface area contributed by atoms with Crippen LogP contribution in [-0.4, -0.2) is 64.8 Å². The van der Waals surface area contributed by atoms with Crippen LogP contribution in [0.2, 0.25) is 0 Å². The summed E-state index contributed by atoms with van der Waals surface area (Å²) in [5.74, 6) is 0.512. The number of carbonyl (C=O) groups is 1. The number of aliphatic hydroxyl groups excluding tert-OH is 1. The standard InChI is InChI=1S/C23H31N3O3/c27-20-9-5-13-26(17-20)23(28)22-16-21(24-29-22)19-10-14-25(15-11-19)12-4-8-18-6-2-1-3-7-18/h1-3,6-7,16,19-20,27H,4-5,8-15,17H2. The van der Waals surface area contributed by atoms with Crippen molar-refractivity contribution >= 4 is 5.91 Å². The molecule has 1 unspecified atom stereocenters. The third-order valence-electron chi connectivity index (χ3n) is 6.21. The van der Waals surface area contributed by atoms with E-state index in [2.05, 4.69) is 40.4 Å². The molecule has 1 aromatic carbocycles. The zero-order valence-electron chi connectivity index (χ0n) is 17.0. The quantitative estimate of drug-likeness (QED) is 0.811. The van der Waals surface area contributed by atoms with Gasteiger partial charge in [-0.05, 0) is 63.7 Å². The Morgan fingerprint density at radius 1 is 1.14 bits per heavy atom. The second-order valence-corrected chi connectivity index (χ2v) is 8.37. The normalized spacial score (nSPS) is 21.4. The third kappa shape index (κ3) is 5.25. The van der Waals surface area contributed by atoms with Crippen molar-refractivity contribution < 1.29 is 14.4 Å². The topological polar surface area (TPSA) is 69.8 Å². The van der Waals surface area contributed by atoms with Crippen LogP contribution in [0.4, 0.5) is 0 Å². The van der Waals surface area contributed by atoms with Gasteiger partial charge >= 0.3 is 0 Å². The van der Waals surface area contributed by atoms with Gasteiger partial charge in [-0.25, -0.2) is 0 Å². The lowest BCUT2D eigenvalue weighted by Gasteiger charge is -2.31. The van der Waals surface area contributed by atoms with E-state index in [0.717, 1.165) is 57.4 Å². The minimum Gasteiger partial charge on any atom is -0.391 e. The summed E-state index contributed by atoms with van der Waals surface area (Å²) in [4.78, 5) is 16.8. The number of rotatable bonds is 6. The Kier molecular flexibility index (Phi) is 6.62. The maximum Gasteiger partial charge on any atom is 0.292 e. The van der Waals surface area contributed by atoms with Gasteiger partial charge in [0.15, 0.2) is 0 Å². The Bertz CT molecular complexity index is 784. The number of aryl methyl sites for hydroxylation is 1. The van der Waals surface area contributed by atoms with Crippen LogP contribution in [-0.2, 0) is 6.42 Å². The van der Waals surface area contributed by atoms with Crippen molar-refractivity contribution in [1.82, 2.24) is 15.0 Å². The van der Waals surface area contributed by atoms with E-state index in [0.29, 0.717) is 24.8 Å². The average molecular weight is 398 g/mol. The van der Waals surface area contributed by atoms with Crippen molar-refractivity contribution in [2.45, 2.75) is 50.5 Å². The van der Waals surface area contributed by atoms with Crippen LogP contribution in [0.1, 0.15) is 59.8 Å². The van der Waals surface area contributed by atoms with Gasteiger partial charge in [0.1, 0.15) is 0 Å². The van der Waals surface area contributed by atoms with Crippen LogP contribution in [0.15, 0.2) is 40.9 Å². The van der Waals surface area contributed by atoms with Gasteiger partial charge in [-0.2, -0.15) is 0 Å². The molecule has 2 saturated heterocycles. The molecular formula is C23H31N3O3. The number of benzene rings is 1. The molecule has 1 amide bonds. The Labute approximate surface area is 172 Å². The van der Waals surface area contributed by atoms with Crippen LogP contribution in [0.5, 0.6) is 0 Å². The Balaban J connectivity index is 1.23. The zero-order valence-corrected chi connectivity index (χ0v) is 17.0. The first-order valence-corrected chi connectivity index (χ1v) is 10.9. The third-order valence-corrected chi connectivity index (χ3v) is 6.21. The second-order valence-electron chi connectivity index (χ2n) is 8.37. The maximum absolute atomic E-state index is 12.6. The number of hydrogen-bond donors (Lipinski definition) is 1. The number of likely N-dealkylation sites (tertiary alicyclic amines) is 2. The molecule has 0 radical (unpaired) electrons. The minimum absolute atomic E-state index is 0.152. The highest BCUT2D eigenvalue weighted by molar-refractivity contribution is 5.91. The monoisotopic (exact) mass is 397 g/mol. The summed E-state index contributed by atoms with van der Waals surface area (Å²) in [5, 5.41) is 14.0. The molecule has 3 heterocycles. The van der Waals surface area contributed by atoms with Gasteiger partial charge in [0.05, 0.1) is 11.8 Å². The fourth-order valence-electron chi connectivity index (χ4n) is 4.48. The van der Waals surface area contributed by atoms with Crippen molar-refractivity contribution in [2.24, 2.45) is 0 Å². The molecule has 2 aromatic rings. The number of piperidine rings is 2. The van der Waals surface area contributed by atoms with Crippen LogP contribution < -0.4 is 0 Å². The predicted molar refractivity (Wildman–Crippen MR) is 111 cm³/mol. The van der Waals surface area contributed by atoms with Gasteiger partial charge < -0.3 is 19.4 Å². The number of carbonyl (C=O) groups excluding carboxylic acids is 1. The molecule has 2 aliphatic rings. The number of amides is 1. The SMILES string of the molecule is O=C(c1cc(C2CCN(CCCc3ccccc3)CC2)no1)N1CCCC(O)C1. The van der Waals surface area contributed by atoms with Crippen molar-refractivity contribution in [3.8, 4) is 0 Å².